The molecule has 0 spiro atoms. The number of piperidine rings is 1. The summed E-state index contributed by atoms with van der Waals surface area (Å²) in [6.07, 6.45) is 10.1. The third kappa shape index (κ3) is 3.88. The number of fused-ring (bicyclic) bond motifs is 1. The lowest BCUT2D eigenvalue weighted by atomic mass is 9.99. The normalized spacial score (nSPS) is 23.3. The second-order valence-electron chi connectivity index (χ2n) is 6.63. The van der Waals surface area contributed by atoms with Gasteiger partial charge in [0.05, 0.1) is 6.54 Å². The Kier molecular flexibility index (Phi) is 5.37. The van der Waals surface area contributed by atoms with Gasteiger partial charge in [-0.3, -0.25) is 4.90 Å². The summed E-state index contributed by atoms with van der Waals surface area (Å²) in [5.41, 5.74) is 0.868. The highest BCUT2D eigenvalue weighted by Gasteiger charge is 2.36. The predicted octanol–water partition coefficient (Wildman–Crippen LogP) is 2.60. The summed E-state index contributed by atoms with van der Waals surface area (Å²) in [7, 11) is 0. The number of nitrogens with one attached hydrogen (secondary N) is 1. The number of rotatable bonds is 4. The van der Waals surface area contributed by atoms with Gasteiger partial charge in [0.25, 0.3) is 0 Å². The van der Waals surface area contributed by atoms with E-state index in [-0.39, 0.29) is 24.4 Å². The maximum absolute atomic E-state index is 13.0. The molecule has 1 N–H and O–H groups in total. The van der Waals surface area contributed by atoms with Crippen LogP contribution in [0.3, 0.4) is 0 Å². The molecule has 2 saturated heterocycles. The number of terminal acetylenes is 1. The van der Waals surface area contributed by atoms with E-state index >= 15 is 0 Å². The number of hydrogen-bond acceptors (Lipinski definition) is 2. The van der Waals surface area contributed by atoms with Gasteiger partial charge in [-0.05, 0) is 43.5 Å². The van der Waals surface area contributed by atoms with Crippen LogP contribution < -0.4 is 5.32 Å². The zero-order chi connectivity index (χ0) is 16.9. The van der Waals surface area contributed by atoms with Crippen molar-refractivity contribution in [3.8, 4) is 12.3 Å². The Labute approximate surface area is 143 Å². The van der Waals surface area contributed by atoms with Crippen LogP contribution in [0.4, 0.5) is 9.18 Å². The number of halogens is 1. The van der Waals surface area contributed by atoms with Crippen LogP contribution in [-0.4, -0.2) is 47.5 Å². The first-order valence-corrected chi connectivity index (χ1v) is 8.65. The number of amides is 2. The average Bonchev–Trinajstić information content (AvgIpc) is 2.99. The van der Waals surface area contributed by atoms with Crippen molar-refractivity contribution in [2.24, 2.45) is 0 Å². The fourth-order valence-corrected chi connectivity index (χ4v) is 3.79. The van der Waals surface area contributed by atoms with Gasteiger partial charge in [-0.1, -0.05) is 24.5 Å². The molecule has 5 heteroatoms. The van der Waals surface area contributed by atoms with E-state index in [1.807, 2.05) is 0 Å². The third-order valence-electron chi connectivity index (χ3n) is 5.02. The summed E-state index contributed by atoms with van der Waals surface area (Å²) in [5.74, 6) is 2.26. The number of carbonyl (C=O) groups excluding carboxylic acids is 1. The van der Waals surface area contributed by atoms with Gasteiger partial charge in [0.15, 0.2) is 0 Å². The van der Waals surface area contributed by atoms with E-state index in [4.69, 9.17) is 6.42 Å². The first-order chi connectivity index (χ1) is 11.7. The van der Waals surface area contributed by atoms with E-state index in [1.165, 1.54) is 25.0 Å². The highest BCUT2D eigenvalue weighted by molar-refractivity contribution is 5.75. The molecule has 24 heavy (non-hydrogen) atoms. The average molecular weight is 329 g/mol. The molecule has 0 bridgehead atoms. The first-order valence-electron chi connectivity index (χ1n) is 8.65. The van der Waals surface area contributed by atoms with Gasteiger partial charge >= 0.3 is 6.03 Å². The first kappa shape index (κ1) is 16.8. The smallest absolute Gasteiger partial charge is 0.318 e. The van der Waals surface area contributed by atoms with Crippen LogP contribution >= 0.6 is 0 Å². The molecule has 2 atom stereocenters. The van der Waals surface area contributed by atoms with Crippen molar-refractivity contribution in [3.63, 3.8) is 0 Å². The molecule has 1 aromatic carbocycles. The molecule has 2 fully saturated rings. The number of nitrogens with zero attached hydrogens (tertiary/aromatic N) is 2. The van der Waals surface area contributed by atoms with Crippen LogP contribution in [0.5, 0.6) is 0 Å². The van der Waals surface area contributed by atoms with E-state index in [9.17, 15) is 9.18 Å². The van der Waals surface area contributed by atoms with Crippen molar-refractivity contribution in [3.05, 3.63) is 35.6 Å². The Morgan fingerprint density at radius 3 is 2.83 bits per heavy atom. The molecule has 0 unspecified atom stereocenters. The van der Waals surface area contributed by atoms with E-state index in [2.05, 4.69) is 16.1 Å². The van der Waals surface area contributed by atoms with Gasteiger partial charge in [-0.25, -0.2) is 9.18 Å². The zero-order valence-corrected chi connectivity index (χ0v) is 13.9. The summed E-state index contributed by atoms with van der Waals surface area (Å²) in [6.45, 7) is 2.82. The molecule has 2 heterocycles. The lowest BCUT2D eigenvalue weighted by Crippen LogP contribution is -2.50. The number of carbonyl (C=O) groups is 1. The summed E-state index contributed by atoms with van der Waals surface area (Å²) < 4.78 is 13.0. The van der Waals surface area contributed by atoms with Crippen LogP contribution in [0.1, 0.15) is 31.2 Å². The number of benzene rings is 1. The molecule has 0 aliphatic carbocycles. The predicted molar refractivity (Wildman–Crippen MR) is 91.8 cm³/mol. The lowest BCUT2D eigenvalue weighted by Gasteiger charge is -2.33. The van der Waals surface area contributed by atoms with Gasteiger partial charge in [0, 0.05) is 25.2 Å². The number of hydrogen-bond donors (Lipinski definition) is 1. The fraction of sp³-hybridized carbons (Fsp3) is 0.526. The third-order valence-corrected chi connectivity index (χ3v) is 5.02. The van der Waals surface area contributed by atoms with Gasteiger partial charge < -0.3 is 10.2 Å². The van der Waals surface area contributed by atoms with Crippen molar-refractivity contribution < 1.29 is 9.18 Å². The molecular formula is C19H24FN3O. The Bertz CT molecular complexity index is 610. The SMILES string of the molecule is C#CCN(Cc1ccc(F)cc1)C(=O)N[C@@H]1CCN2CCCC[C@H]12. The summed E-state index contributed by atoms with van der Waals surface area (Å²) >= 11 is 0. The maximum Gasteiger partial charge on any atom is 0.318 e. The second-order valence-corrected chi connectivity index (χ2v) is 6.63. The highest BCUT2D eigenvalue weighted by Crippen LogP contribution is 2.27. The molecule has 4 nitrogen and oxygen atoms in total. The molecule has 0 saturated carbocycles. The van der Waals surface area contributed by atoms with E-state index in [0.717, 1.165) is 31.5 Å². The molecule has 0 aromatic heterocycles. The lowest BCUT2D eigenvalue weighted by molar-refractivity contribution is 0.168. The summed E-state index contributed by atoms with van der Waals surface area (Å²) in [4.78, 5) is 16.8. The Morgan fingerprint density at radius 1 is 1.29 bits per heavy atom. The maximum atomic E-state index is 13.0. The van der Waals surface area contributed by atoms with Gasteiger partial charge in [0.2, 0.25) is 0 Å². The van der Waals surface area contributed by atoms with Crippen LogP contribution in [0.2, 0.25) is 0 Å². The second kappa shape index (κ2) is 7.67. The highest BCUT2D eigenvalue weighted by atomic mass is 19.1. The van der Waals surface area contributed by atoms with Crippen LogP contribution in [0, 0.1) is 18.2 Å². The molecule has 128 valence electrons. The summed E-state index contributed by atoms with van der Waals surface area (Å²) in [6, 6.07) is 6.70. The summed E-state index contributed by atoms with van der Waals surface area (Å²) in [5, 5.41) is 3.17. The Hall–Kier alpha value is -2.06. The largest absolute Gasteiger partial charge is 0.334 e. The van der Waals surface area contributed by atoms with Crippen molar-refractivity contribution in [1.29, 1.82) is 0 Å². The van der Waals surface area contributed by atoms with E-state index < -0.39 is 0 Å². The van der Waals surface area contributed by atoms with E-state index in [1.54, 1.807) is 17.0 Å². The van der Waals surface area contributed by atoms with Crippen molar-refractivity contribution in [2.75, 3.05) is 19.6 Å². The van der Waals surface area contributed by atoms with Gasteiger partial charge in [-0.2, -0.15) is 0 Å². The number of urea groups is 1. The molecule has 3 rings (SSSR count). The zero-order valence-electron chi connectivity index (χ0n) is 13.9. The van der Waals surface area contributed by atoms with Crippen molar-refractivity contribution >= 4 is 6.03 Å². The Morgan fingerprint density at radius 2 is 2.08 bits per heavy atom. The van der Waals surface area contributed by atoms with E-state index in [0.29, 0.717) is 12.6 Å². The minimum absolute atomic E-state index is 0.130. The minimum Gasteiger partial charge on any atom is -0.334 e. The molecule has 0 radical (unpaired) electrons. The van der Waals surface area contributed by atoms with Crippen LogP contribution in [0.15, 0.2) is 24.3 Å². The van der Waals surface area contributed by atoms with Crippen LogP contribution in [-0.2, 0) is 6.54 Å². The fourth-order valence-electron chi connectivity index (χ4n) is 3.79. The quantitative estimate of drug-likeness (QED) is 0.862. The molecule has 1 aromatic rings. The van der Waals surface area contributed by atoms with Gasteiger partial charge in [0.1, 0.15) is 5.82 Å². The van der Waals surface area contributed by atoms with Gasteiger partial charge in [-0.15, -0.1) is 6.42 Å². The molecule has 2 amide bonds. The molecular weight excluding hydrogens is 305 g/mol. The topological polar surface area (TPSA) is 35.6 Å². The Balaban J connectivity index is 1.62. The standard InChI is InChI=1S/C19H24FN3O/c1-2-11-23(14-15-6-8-16(20)9-7-15)19(24)21-17-10-13-22-12-4-3-5-18(17)22/h1,6-9,17-18H,3-5,10-14H2,(H,21,24)/t17-,18-/m1/s1. The van der Waals surface area contributed by atoms with Crippen molar-refractivity contribution in [1.82, 2.24) is 15.1 Å². The van der Waals surface area contributed by atoms with Crippen LogP contribution in [0.25, 0.3) is 0 Å². The van der Waals surface area contributed by atoms with Crippen molar-refractivity contribution in [2.45, 2.75) is 44.3 Å². The monoisotopic (exact) mass is 329 g/mol. The molecule has 2 aliphatic heterocycles. The molecule has 2 aliphatic rings. The minimum atomic E-state index is -0.282.